The smallest absolute Gasteiger partial charge is 0.0558 e. The van der Waals surface area contributed by atoms with Crippen LogP contribution in [0, 0.1) is 0 Å². The van der Waals surface area contributed by atoms with Gasteiger partial charge in [0, 0.05) is 23.5 Å². The van der Waals surface area contributed by atoms with Crippen LogP contribution in [0.1, 0.15) is 31.1 Å². The Kier molecular flexibility index (Phi) is 4.25. The molecule has 0 radical (unpaired) electrons. The summed E-state index contributed by atoms with van der Waals surface area (Å²) in [4.78, 5) is 3.76. The van der Waals surface area contributed by atoms with Gasteiger partial charge in [0.05, 0.1) is 5.02 Å². The summed E-state index contributed by atoms with van der Waals surface area (Å²) >= 11 is 7.88. The Labute approximate surface area is 106 Å². The minimum Gasteiger partial charge on any atom is -0.327 e. The van der Waals surface area contributed by atoms with E-state index in [4.69, 9.17) is 17.3 Å². The second kappa shape index (κ2) is 5.50. The summed E-state index contributed by atoms with van der Waals surface area (Å²) in [6, 6.07) is 2.75. The van der Waals surface area contributed by atoms with Crippen molar-refractivity contribution in [3.8, 4) is 0 Å². The highest BCUT2D eigenvalue weighted by molar-refractivity contribution is 7.10. The molecule has 16 heavy (non-hydrogen) atoms. The van der Waals surface area contributed by atoms with E-state index in [1.165, 1.54) is 24.1 Å². The van der Waals surface area contributed by atoms with E-state index >= 15 is 0 Å². The molecule has 1 saturated heterocycles. The Hall–Kier alpha value is -0.0900. The third-order valence-corrected chi connectivity index (χ3v) is 4.68. The molecule has 2 heterocycles. The van der Waals surface area contributed by atoms with Gasteiger partial charge in [0.25, 0.3) is 0 Å². The van der Waals surface area contributed by atoms with Gasteiger partial charge in [-0.05, 0) is 37.8 Å². The largest absolute Gasteiger partial charge is 0.327 e. The van der Waals surface area contributed by atoms with E-state index < -0.39 is 0 Å². The number of rotatable bonds is 3. The highest BCUT2D eigenvalue weighted by atomic mass is 35.5. The van der Waals surface area contributed by atoms with E-state index in [0.29, 0.717) is 6.04 Å². The fourth-order valence-corrected chi connectivity index (χ4v) is 3.55. The average Bonchev–Trinajstić information content (AvgIpc) is 2.65. The van der Waals surface area contributed by atoms with Crippen molar-refractivity contribution in [3.05, 3.63) is 21.3 Å². The number of thiophene rings is 1. The van der Waals surface area contributed by atoms with Crippen molar-refractivity contribution in [1.82, 2.24) is 4.90 Å². The molecule has 2 rings (SSSR count). The van der Waals surface area contributed by atoms with Crippen LogP contribution in [-0.4, -0.2) is 23.5 Å². The summed E-state index contributed by atoms with van der Waals surface area (Å²) in [6.45, 7) is 4.22. The van der Waals surface area contributed by atoms with Crippen molar-refractivity contribution in [2.45, 2.75) is 44.8 Å². The van der Waals surface area contributed by atoms with Gasteiger partial charge in [-0.1, -0.05) is 18.0 Å². The van der Waals surface area contributed by atoms with E-state index in [1.807, 2.05) is 6.07 Å². The maximum atomic E-state index is 6.14. The summed E-state index contributed by atoms with van der Waals surface area (Å²) in [5.74, 6) is 0. The zero-order valence-electron chi connectivity index (χ0n) is 9.66. The molecule has 2 nitrogen and oxygen atoms in total. The van der Waals surface area contributed by atoms with Gasteiger partial charge in [-0.15, -0.1) is 11.3 Å². The van der Waals surface area contributed by atoms with E-state index in [-0.39, 0.29) is 6.04 Å². The van der Waals surface area contributed by atoms with E-state index in [2.05, 4.69) is 17.2 Å². The molecule has 0 aliphatic carbocycles. The lowest BCUT2D eigenvalue weighted by Gasteiger charge is -2.37. The molecule has 0 saturated carbocycles. The summed E-state index contributed by atoms with van der Waals surface area (Å²) in [6.07, 6.45) is 3.81. The molecule has 1 aromatic rings. The van der Waals surface area contributed by atoms with E-state index in [9.17, 15) is 0 Å². The molecule has 90 valence electrons. The molecule has 1 fully saturated rings. The maximum absolute atomic E-state index is 6.14. The zero-order chi connectivity index (χ0) is 11.5. The first-order valence-electron chi connectivity index (χ1n) is 5.90. The van der Waals surface area contributed by atoms with Gasteiger partial charge in [-0.3, -0.25) is 4.90 Å². The monoisotopic (exact) mass is 258 g/mol. The summed E-state index contributed by atoms with van der Waals surface area (Å²) in [5, 5.41) is 2.96. The minimum absolute atomic E-state index is 0.249. The van der Waals surface area contributed by atoms with Crippen LogP contribution in [0.2, 0.25) is 5.02 Å². The summed E-state index contributed by atoms with van der Waals surface area (Å²) in [7, 11) is 0. The molecule has 0 spiro atoms. The molecule has 0 bridgehead atoms. The van der Waals surface area contributed by atoms with Crippen LogP contribution in [0.5, 0.6) is 0 Å². The van der Waals surface area contributed by atoms with Gasteiger partial charge < -0.3 is 5.73 Å². The lowest BCUT2D eigenvalue weighted by atomic mass is 9.97. The van der Waals surface area contributed by atoms with Gasteiger partial charge in [-0.2, -0.15) is 0 Å². The molecule has 1 aliphatic rings. The summed E-state index contributed by atoms with van der Waals surface area (Å²) < 4.78 is 0. The first-order valence-corrected chi connectivity index (χ1v) is 7.15. The number of nitrogens with zero attached hydrogens (tertiary/aromatic N) is 1. The molecular weight excluding hydrogens is 240 g/mol. The third kappa shape index (κ3) is 2.77. The maximum Gasteiger partial charge on any atom is 0.0558 e. The van der Waals surface area contributed by atoms with Crippen molar-refractivity contribution >= 4 is 22.9 Å². The quantitative estimate of drug-likeness (QED) is 0.903. The average molecular weight is 259 g/mol. The number of nitrogens with two attached hydrogens (primary N) is 1. The lowest BCUT2D eigenvalue weighted by molar-refractivity contribution is 0.124. The van der Waals surface area contributed by atoms with Gasteiger partial charge in [0.15, 0.2) is 0 Å². The normalized spacial score (nSPS) is 24.6. The molecule has 2 N–H and O–H groups in total. The SMILES string of the molecule is CC(N)C1CCCCN1Cc1sccc1Cl. The predicted molar refractivity (Wildman–Crippen MR) is 71.0 cm³/mol. The number of likely N-dealkylation sites (tertiary alicyclic amines) is 1. The second-order valence-corrected chi connectivity index (χ2v) is 5.99. The molecule has 4 heteroatoms. The highest BCUT2D eigenvalue weighted by Gasteiger charge is 2.25. The van der Waals surface area contributed by atoms with Crippen molar-refractivity contribution in [3.63, 3.8) is 0 Å². The fourth-order valence-electron chi connectivity index (χ4n) is 2.43. The highest BCUT2D eigenvalue weighted by Crippen LogP contribution is 2.27. The molecule has 0 amide bonds. The van der Waals surface area contributed by atoms with Crippen LogP contribution in [0.4, 0.5) is 0 Å². The van der Waals surface area contributed by atoms with Crippen LogP contribution in [0.3, 0.4) is 0 Å². The van der Waals surface area contributed by atoms with Gasteiger partial charge in [0.1, 0.15) is 0 Å². The van der Waals surface area contributed by atoms with Crippen molar-refractivity contribution in [1.29, 1.82) is 0 Å². The van der Waals surface area contributed by atoms with Crippen molar-refractivity contribution in [2.75, 3.05) is 6.54 Å². The Morgan fingerprint density at radius 3 is 3.06 bits per heavy atom. The molecule has 2 unspecified atom stereocenters. The van der Waals surface area contributed by atoms with Crippen LogP contribution in [0.15, 0.2) is 11.4 Å². The van der Waals surface area contributed by atoms with Crippen molar-refractivity contribution in [2.24, 2.45) is 5.73 Å². The third-order valence-electron chi connectivity index (χ3n) is 3.31. The van der Waals surface area contributed by atoms with Gasteiger partial charge >= 0.3 is 0 Å². The first-order chi connectivity index (χ1) is 7.68. The van der Waals surface area contributed by atoms with Crippen LogP contribution in [-0.2, 0) is 6.54 Å². The van der Waals surface area contributed by atoms with E-state index in [0.717, 1.165) is 18.1 Å². The van der Waals surface area contributed by atoms with Gasteiger partial charge in [0.2, 0.25) is 0 Å². The molecule has 0 aromatic carbocycles. The number of hydrogen-bond acceptors (Lipinski definition) is 3. The second-order valence-electron chi connectivity index (χ2n) is 4.58. The molecule has 1 aliphatic heterocycles. The lowest BCUT2D eigenvalue weighted by Crippen LogP contribution is -2.48. The van der Waals surface area contributed by atoms with E-state index in [1.54, 1.807) is 11.3 Å². The first kappa shape index (κ1) is 12.4. The van der Waals surface area contributed by atoms with Gasteiger partial charge in [-0.25, -0.2) is 0 Å². The van der Waals surface area contributed by atoms with Crippen LogP contribution in [0.25, 0.3) is 0 Å². The Morgan fingerprint density at radius 1 is 1.62 bits per heavy atom. The fraction of sp³-hybridized carbons (Fsp3) is 0.667. The van der Waals surface area contributed by atoms with Crippen LogP contribution < -0.4 is 5.73 Å². The van der Waals surface area contributed by atoms with Crippen LogP contribution >= 0.6 is 22.9 Å². The minimum atomic E-state index is 0.249. The number of halogens is 1. The predicted octanol–water partition coefficient (Wildman–Crippen LogP) is 3.10. The summed E-state index contributed by atoms with van der Waals surface area (Å²) in [5.41, 5.74) is 6.05. The Bertz CT molecular complexity index is 338. The Morgan fingerprint density at radius 2 is 2.44 bits per heavy atom. The topological polar surface area (TPSA) is 29.3 Å². The number of hydrogen-bond donors (Lipinski definition) is 1. The Balaban J connectivity index is 2.04. The standard InChI is InChI=1S/C12H19ClN2S/c1-9(14)11-4-2-3-6-15(11)8-12-10(13)5-7-16-12/h5,7,9,11H,2-4,6,8,14H2,1H3. The molecular formula is C12H19ClN2S. The molecule has 1 aromatic heterocycles. The van der Waals surface area contributed by atoms with Crippen molar-refractivity contribution < 1.29 is 0 Å². The molecule has 2 atom stereocenters. The zero-order valence-corrected chi connectivity index (χ0v) is 11.2. The number of piperidine rings is 1.